The number of aromatic nitrogens is 3. The summed E-state index contributed by atoms with van der Waals surface area (Å²) >= 11 is 0. The van der Waals surface area contributed by atoms with Crippen molar-refractivity contribution in [2.75, 3.05) is 0 Å². The number of aromatic amines is 1. The van der Waals surface area contributed by atoms with E-state index in [1.807, 2.05) is 12.1 Å². The van der Waals surface area contributed by atoms with Gasteiger partial charge in [0, 0.05) is 24.4 Å². The predicted molar refractivity (Wildman–Crippen MR) is 51.6 cm³/mol. The maximum Gasteiger partial charge on any atom is 0.124 e. The maximum absolute atomic E-state index is 10.4. The number of H-pyrrole nitrogens is 1. The molecule has 0 saturated carbocycles. The molecule has 0 fully saturated rings. The van der Waals surface area contributed by atoms with E-state index in [0.29, 0.717) is 6.42 Å². The largest absolute Gasteiger partial charge is 0.303 e. The van der Waals surface area contributed by atoms with E-state index in [0.717, 1.165) is 23.1 Å². The molecule has 1 N–H and O–H groups in total. The molecular weight excluding hydrogens is 178 g/mol. The first-order chi connectivity index (χ1) is 6.92. The molecule has 0 saturated heterocycles. The van der Waals surface area contributed by atoms with Crippen molar-refractivity contribution >= 4 is 6.29 Å². The van der Waals surface area contributed by atoms with Gasteiger partial charge in [0.05, 0.1) is 11.9 Å². The van der Waals surface area contributed by atoms with Crippen molar-refractivity contribution in [3.63, 3.8) is 0 Å². The standard InChI is InChI=1S/C10H9N3O/c14-5-3-8-2-1-4-11-10(8)9-6-12-13-7-9/h1-2,4-7H,3H2,(H,12,13). The van der Waals surface area contributed by atoms with Gasteiger partial charge in [0.1, 0.15) is 6.29 Å². The van der Waals surface area contributed by atoms with Crippen LogP contribution in [-0.4, -0.2) is 21.5 Å². The third-order valence-electron chi connectivity index (χ3n) is 1.97. The highest BCUT2D eigenvalue weighted by Gasteiger charge is 2.05. The van der Waals surface area contributed by atoms with E-state index in [1.54, 1.807) is 18.6 Å². The molecule has 2 aromatic rings. The molecule has 2 heterocycles. The summed E-state index contributed by atoms with van der Waals surface area (Å²) in [7, 11) is 0. The molecule has 0 radical (unpaired) electrons. The molecule has 2 aromatic heterocycles. The van der Waals surface area contributed by atoms with Gasteiger partial charge in [-0.2, -0.15) is 5.10 Å². The van der Waals surface area contributed by atoms with Crippen molar-refractivity contribution in [2.24, 2.45) is 0 Å². The molecule has 0 unspecified atom stereocenters. The lowest BCUT2D eigenvalue weighted by Gasteiger charge is -2.01. The molecule has 14 heavy (non-hydrogen) atoms. The first-order valence-corrected chi connectivity index (χ1v) is 4.28. The van der Waals surface area contributed by atoms with Crippen molar-refractivity contribution < 1.29 is 4.79 Å². The minimum absolute atomic E-state index is 0.383. The Morgan fingerprint density at radius 2 is 2.43 bits per heavy atom. The van der Waals surface area contributed by atoms with E-state index in [9.17, 15) is 4.79 Å². The number of rotatable bonds is 3. The van der Waals surface area contributed by atoms with Gasteiger partial charge in [0.15, 0.2) is 0 Å². The smallest absolute Gasteiger partial charge is 0.124 e. The van der Waals surface area contributed by atoms with Crippen LogP contribution in [-0.2, 0) is 11.2 Å². The van der Waals surface area contributed by atoms with Crippen LogP contribution in [0.4, 0.5) is 0 Å². The Hall–Kier alpha value is -1.97. The first-order valence-electron chi connectivity index (χ1n) is 4.28. The molecule has 0 aromatic carbocycles. The lowest BCUT2D eigenvalue weighted by Crippen LogP contribution is -1.92. The number of nitrogens with zero attached hydrogens (tertiary/aromatic N) is 2. The summed E-state index contributed by atoms with van der Waals surface area (Å²) in [6, 6.07) is 3.71. The Kier molecular flexibility index (Phi) is 2.36. The average Bonchev–Trinajstić information content (AvgIpc) is 2.72. The van der Waals surface area contributed by atoms with Gasteiger partial charge in [0.2, 0.25) is 0 Å². The van der Waals surface area contributed by atoms with Crippen LogP contribution in [0.3, 0.4) is 0 Å². The van der Waals surface area contributed by atoms with E-state index in [2.05, 4.69) is 15.2 Å². The molecule has 2 rings (SSSR count). The van der Waals surface area contributed by atoms with Crippen LogP contribution in [0, 0.1) is 0 Å². The van der Waals surface area contributed by atoms with Crippen LogP contribution in [0.25, 0.3) is 11.3 Å². The molecule has 0 aliphatic rings. The van der Waals surface area contributed by atoms with Crippen LogP contribution in [0.15, 0.2) is 30.7 Å². The zero-order valence-electron chi connectivity index (χ0n) is 7.47. The molecule has 0 bridgehead atoms. The van der Waals surface area contributed by atoms with E-state index in [1.165, 1.54) is 0 Å². The molecule has 0 aliphatic heterocycles. The summed E-state index contributed by atoms with van der Waals surface area (Å²) in [5.41, 5.74) is 2.64. The molecular formula is C10H9N3O. The minimum atomic E-state index is 0.383. The summed E-state index contributed by atoms with van der Waals surface area (Å²) < 4.78 is 0. The van der Waals surface area contributed by atoms with Crippen molar-refractivity contribution in [1.82, 2.24) is 15.2 Å². The second-order valence-corrected chi connectivity index (χ2v) is 2.87. The van der Waals surface area contributed by atoms with Gasteiger partial charge >= 0.3 is 0 Å². The van der Waals surface area contributed by atoms with E-state index in [4.69, 9.17) is 0 Å². The summed E-state index contributed by atoms with van der Waals surface area (Å²) in [4.78, 5) is 14.7. The van der Waals surface area contributed by atoms with E-state index < -0.39 is 0 Å². The lowest BCUT2D eigenvalue weighted by molar-refractivity contribution is -0.107. The monoisotopic (exact) mass is 187 g/mol. The van der Waals surface area contributed by atoms with Crippen molar-refractivity contribution in [3.05, 3.63) is 36.3 Å². The van der Waals surface area contributed by atoms with Crippen LogP contribution in [0.2, 0.25) is 0 Å². The van der Waals surface area contributed by atoms with Crippen LogP contribution < -0.4 is 0 Å². The van der Waals surface area contributed by atoms with Gasteiger partial charge in [-0.25, -0.2) is 0 Å². The fourth-order valence-electron chi connectivity index (χ4n) is 1.33. The fourth-order valence-corrected chi connectivity index (χ4v) is 1.33. The van der Waals surface area contributed by atoms with Crippen LogP contribution in [0.5, 0.6) is 0 Å². The zero-order valence-corrected chi connectivity index (χ0v) is 7.47. The zero-order chi connectivity index (χ0) is 9.80. The summed E-state index contributed by atoms with van der Waals surface area (Å²) in [5, 5.41) is 6.57. The van der Waals surface area contributed by atoms with Crippen LogP contribution in [0.1, 0.15) is 5.56 Å². The van der Waals surface area contributed by atoms with Gasteiger partial charge in [-0.15, -0.1) is 0 Å². The molecule has 4 heteroatoms. The van der Waals surface area contributed by atoms with Crippen molar-refractivity contribution in [3.8, 4) is 11.3 Å². The first kappa shape index (κ1) is 8.62. The highest BCUT2D eigenvalue weighted by atomic mass is 16.1. The third kappa shape index (κ3) is 1.54. The number of pyridine rings is 1. The topological polar surface area (TPSA) is 58.6 Å². The number of carbonyl (C=O) groups is 1. The fraction of sp³-hybridized carbons (Fsp3) is 0.100. The Morgan fingerprint density at radius 3 is 3.14 bits per heavy atom. The summed E-state index contributed by atoms with van der Waals surface area (Å²) in [5.74, 6) is 0. The van der Waals surface area contributed by atoms with Crippen LogP contribution >= 0.6 is 0 Å². The Labute approximate surface area is 81.0 Å². The predicted octanol–water partition coefficient (Wildman–Crippen LogP) is 1.21. The molecule has 0 atom stereocenters. The van der Waals surface area contributed by atoms with Gasteiger partial charge in [0.25, 0.3) is 0 Å². The number of hydrogen-bond donors (Lipinski definition) is 1. The van der Waals surface area contributed by atoms with Gasteiger partial charge in [-0.3, -0.25) is 10.1 Å². The average molecular weight is 187 g/mol. The van der Waals surface area contributed by atoms with Crippen molar-refractivity contribution in [1.29, 1.82) is 0 Å². The quantitative estimate of drug-likeness (QED) is 0.735. The second kappa shape index (κ2) is 3.83. The van der Waals surface area contributed by atoms with E-state index in [-0.39, 0.29) is 0 Å². The molecule has 4 nitrogen and oxygen atoms in total. The maximum atomic E-state index is 10.4. The Morgan fingerprint density at radius 1 is 1.50 bits per heavy atom. The van der Waals surface area contributed by atoms with Crippen molar-refractivity contribution in [2.45, 2.75) is 6.42 Å². The number of carbonyl (C=O) groups excluding carboxylic acids is 1. The third-order valence-corrected chi connectivity index (χ3v) is 1.97. The highest BCUT2D eigenvalue weighted by Crippen LogP contribution is 2.19. The Balaban J connectivity index is 2.46. The summed E-state index contributed by atoms with van der Waals surface area (Å²) in [6.07, 6.45) is 6.42. The second-order valence-electron chi connectivity index (χ2n) is 2.87. The molecule has 0 aliphatic carbocycles. The lowest BCUT2D eigenvalue weighted by atomic mass is 10.1. The minimum Gasteiger partial charge on any atom is -0.303 e. The summed E-state index contributed by atoms with van der Waals surface area (Å²) in [6.45, 7) is 0. The SMILES string of the molecule is O=CCc1cccnc1-c1cn[nH]c1. The number of hydrogen-bond acceptors (Lipinski definition) is 3. The molecule has 70 valence electrons. The Bertz CT molecular complexity index is 423. The van der Waals surface area contributed by atoms with Gasteiger partial charge < -0.3 is 4.79 Å². The highest BCUT2D eigenvalue weighted by molar-refractivity contribution is 5.66. The normalized spacial score (nSPS) is 10.0. The van der Waals surface area contributed by atoms with Gasteiger partial charge in [-0.05, 0) is 11.6 Å². The van der Waals surface area contributed by atoms with E-state index >= 15 is 0 Å². The molecule has 0 spiro atoms. The van der Waals surface area contributed by atoms with Gasteiger partial charge in [-0.1, -0.05) is 6.07 Å². The number of nitrogens with one attached hydrogen (secondary N) is 1. The molecule has 0 amide bonds. The number of aldehydes is 1.